The summed E-state index contributed by atoms with van der Waals surface area (Å²) in [6, 6.07) is 9.60. The van der Waals surface area contributed by atoms with E-state index in [2.05, 4.69) is 23.7 Å². The van der Waals surface area contributed by atoms with E-state index in [1.807, 2.05) is 43.5 Å². The fraction of sp³-hybridized carbons (Fsp3) is 0.421. The lowest BCUT2D eigenvalue weighted by molar-refractivity contribution is 0.299. The number of aromatic nitrogens is 1. The van der Waals surface area contributed by atoms with Crippen molar-refractivity contribution in [3.05, 3.63) is 47.8 Å². The van der Waals surface area contributed by atoms with E-state index in [-0.39, 0.29) is 0 Å². The van der Waals surface area contributed by atoms with Gasteiger partial charge in [-0.1, -0.05) is 13.8 Å². The van der Waals surface area contributed by atoms with Crippen LogP contribution >= 0.6 is 0 Å². The van der Waals surface area contributed by atoms with Crippen LogP contribution in [0.1, 0.15) is 31.5 Å². The number of hydrogen-bond donors (Lipinski definition) is 1. The molecule has 0 aliphatic heterocycles. The molecule has 0 saturated carbocycles. The highest BCUT2D eigenvalue weighted by Gasteiger charge is 2.05. The van der Waals surface area contributed by atoms with E-state index in [1.54, 1.807) is 0 Å². The zero-order valence-corrected chi connectivity index (χ0v) is 14.4. The van der Waals surface area contributed by atoms with Crippen molar-refractivity contribution in [2.75, 3.05) is 25.4 Å². The van der Waals surface area contributed by atoms with Gasteiger partial charge in [0.15, 0.2) is 0 Å². The Morgan fingerprint density at radius 1 is 1.13 bits per heavy atom. The van der Waals surface area contributed by atoms with E-state index >= 15 is 0 Å². The lowest BCUT2D eigenvalue weighted by Crippen LogP contribution is -2.24. The van der Waals surface area contributed by atoms with Crippen LogP contribution in [0.4, 0.5) is 5.69 Å². The van der Waals surface area contributed by atoms with Crippen molar-refractivity contribution in [2.45, 2.75) is 33.6 Å². The van der Waals surface area contributed by atoms with E-state index in [0.29, 0.717) is 0 Å². The monoisotopic (exact) mass is 313 g/mol. The van der Waals surface area contributed by atoms with Gasteiger partial charge in [0.2, 0.25) is 0 Å². The first-order valence-electron chi connectivity index (χ1n) is 8.33. The quantitative estimate of drug-likeness (QED) is 0.747. The van der Waals surface area contributed by atoms with Crippen LogP contribution in [0.3, 0.4) is 0 Å². The molecule has 0 amide bonds. The zero-order chi connectivity index (χ0) is 16.7. The first kappa shape index (κ1) is 17.3. The lowest BCUT2D eigenvalue weighted by atomic mass is 10.2. The minimum atomic E-state index is 0.752. The maximum atomic E-state index is 5.97. The fourth-order valence-corrected chi connectivity index (χ4v) is 2.59. The summed E-state index contributed by atoms with van der Waals surface area (Å²) in [6.45, 7) is 9.71. The second-order valence-electron chi connectivity index (χ2n) is 5.74. The molecule has 124 valence electrons. The van der Waals surface area contributed by atoms with Crippen LogP contribution in [-0.4, -0.2) is 29.5 Å². The molecule has 1 aromatic heterocycles. The highest BCUT2D eigenvalue weighted by atomic mass is 16.5. The van der Waals surface area contributed by atoms with Gasteiger partial charge in [-0.2, -0.15) is 0 Å². The molecule has 0 aliphatic carbocycles. The second-order valence-corrected chi connectivity index (χ2v) is 5.74. The van der Waals surface area contributed by atoms with Crippen molar-refractivity contribution in [3.63, 3.8) is 0 Å². The SMILES string of the molecule is CCN(CC)CCCc1cc(Oc2ccc(N)cc2C)ccn1. The molecule has 1 aromatic carbocycles. The standard InChI is InChI=1S/C19H27N3O/c1-4-22(5-2)12-6-7-17-14-18(10-11-21-17)23-19-9-8-16(20)13-15(19)3/h8-11,13-14H,4-7,12,20H2,1-3H3. The summed E-state index contributed by atoms with van der Waals surface area (Å²) in [5.41, 5.74) is 8.63. The predicted octanol–water partition coefficient (Wildman–Crippen LogP) is 4.04. The molecular weight excluding hydrogens is 286 g/mol. The number of nitrogen functional groups attached to an aromatic ring is 1. The number of hydrogen-bond acceptors (Lipinski definition) is 4. The molecule has 0 spiro atoms. The third kappa shape index (κ3) is 5.25. The number of benzene rings is 1. The molecule has 0 saturated heterocycles. The molecule has 4 nitrogen and oxygen atoms in total. The Balaban J connectivity index is 1.96. The van der Waals surface area contributed by atoms with E-state index < -0.39 is 0 Å². The first-order valence-corrected chi connectivity index (χ1v) is 8.33. The number of rotatable bonds is 8. The number of nitrogens with zero attached hydrogens (tertiary/aromatic N) is 2. The fourth-order valence-electron chi connectivity index (χ4n) is 2.59. The smallest absolute Gasteiger partial charge is 0.130 e. The molecule has 0 fully saturated rings. The number of ether oxygens (including phenoxy) is 1. The Labute approximate surface area is 139 Å². The molecule has 4 heteroatoms. The van der Waals surface area contributed by atoms with Gasteiger partial charge in [0.1, 0.15) is 11.5 Å². The van der Waals surface area contributed by atoms with Crippen molar-refractivity contribution in [1.29, 1.82) is 0 Å². The molecule has 0 atom stereocenters. The Hall–Kier alpha value is -2.07. The van der Waals surface area contributed by atoms with Crippen LogP contribution < -0.4 is 10.5 Å². The van der Waals surface area contributed by atoms with Crippen LogP contribution in [0.2, 0.25) is 0 Å². The summed E-state index contributed by atoms with van der Waals surface area (Å²) in [5, 5.41) is 0. The van der Waals surface area contributed by atoms with Gasteiger partial charge in [0, 0.05) is 23.6 Å². The van der Waals surface area contributed by atoms with Gasteiger partial charge in [-0.3, -0.25) is 4.98 Å². The first-order chi connectivity index (χ1) is 11.1. The lowest BCUT2D eigenvalue weighted by Gasteiger charge is -2.17. The van der Waals surface area contributed by atoms with Crippen LogP contribution in [0, 0.1) is 6.92 Å². The zero-order valence-electron chi connectivity index (χ0n) is 14.4. The Kier molecular flexibility index (Phi) is 6.41. The molecule has 0 unspecified atom stereocenters. The summed E-state index contributed by atoms with van der Waals surface area (Å²) < 4.78 is 5.97. The van der Waals surface area contributed by atoms with Crippen molar-refractivity contribution < 1.29 is 4.74 Å². The second kappa shape index (κ2) is 8.53. The van der Waals surface area contributed by atoms with Crippen LogP contribution in [0.5, 0.6) is 11.5 Å². The summed E-state index contributed by atoms with van der Waals surface area (Å²) in [5.74, 6) is 1.66. The van der Waals surface area contributed by atoms with Crippen molar-refractivity contribution in [3.8, 4) is 11.5 Å². The maximum Gasteiger partial charge on any atom is 0.130 e. The minimum absolute atomic E-state index is 0.752. The molecule has 23 heavy (non-hydrogen) atoms. The van der Waals surface area contributed by atoms with Gasteiger partial charge in [-0.05, 0) is 69.2 Å². The molecule has 0 bridgehead atoms. The van der Waals surface area contributed by atoms with Gasteiger partial charge in [-0.25, -0.2) is 0 Å². The van der Waals surface area contributed by atoms with E-state index in [9.17, 15) is 0 Å². The van der Waals surface area contributed by atoms with Gasteiger partial charge in [0.25, 0.3) is 0 Å². The average Bonchev–Trinajstić information content (AvgIpc) is 2.55. The summed E-state index contributed by atoms with van der Waals surface area (Å²) in [7, 11) is 0. The third-order valence-electron chi connectivity index (χ3n) is 4.02. The number of anilines is 1. The highest BCUT2D eigenvalue weighted by Crippen LogP contribution is 2.26. The number of nitrogens with two attached hydrogens (primary N) is 1. The average molecular weight is 313 g/mol. The summed E-state index contributed by atoms with van der Waals surface area (Å²) in [4.78, 5) is 6.88. The van der Waals surface area contributed by atoms with Crippen LogP contribution in [0.25, 0.3) is 0 Å². The van der Waals surface area contributed by atoms with E-state index in [1.165, 1.54) is 0 Å². The minimum Gasteiger partial charge on any atom is -0.457 e. The highest BCUT2D eigenvalue weighted by molar-refractivity contribution is 5.48. The molecule has 0 radical (unpaired) electrons. The van der Waals surface area contributed by atoms with Gasteiger partial charge < -0.3 is 15.4 Å². The van der Waals surface area contributed by atoms with Gasteiger partial charge in [0.05, 0.1) is 0 Å². The number of pyridine rings is 1. The molecule has 1 heterocycles. The predicted molar refractivity (Wildman–Crippen MR) is 96.0 cm³/mol. The summed E-state index contributed by atoms with van der Waals surface area (Å²) >= 11 is 0. The molecule has 2 N–H and O–H groups in total. The van der Waals surface area contributed by atoms with Crippen LogP contribution in [-0.2, 0) is 6.42 Å². The Morgan fingerprint density at radius 3 is 2.61 bits per heavy atom. The Morgan fingerprint density at radius 2 is 1.91 bits per heavy atom. The maximum absolute atomic E-state index is 5.97. The Bertz CT molecular complexity index is 624. The molecular formula is C19H27N3O. The normalized spacial score (nSPS) is 11.0. The summed E-state index contributed by atoms with van der Waals surface area (Å²) in [6.07, 6.45) is 3.89. The largest absolute Gasteiger partial charge is 0.457 e. The number of aryl methyl sites for hydroxylation is 2. The topological polar surface area (TPSA) is 51.4 Å². The van der Waals surface area contributed by atoms with Gasteiger partial charge in [-0.15, -0.1) is 0 Å². The van der Waals surface area contributed by atoms with Crippen LogP contribution in [0.15, 0.2) is 36.5 Å². The molecule has 2 rings (SSSR count). The van der Waals surface area contributed by atoms with Crippen molar-refractivity contribution in [2.24, 2.45) is 0 Å². The third-order valence-corrected chi connectivity index (χ3v) is 4.02. The van der Waals surface area contributed by atoms with Crippen molar-refractivity contribution in [1.82, 2.24) is 9.88 Å². The molecule has 2 aromatic rings. The van der Waals surface area contributed by atoms with E-state index in [4.69, 9.17) is 10.5 Å². The van der Waals surface area contributed by atoms with Crippen molar-refractivity contribution >= 4 is 5.69 Å². The van der Waals surface area contributed by atoms with Gasteiger partial charge >= 0.3 is 0 Å². The molecule has 0 aliphatic rings. The van der Waals surface area contributed by atoms with E-state index in [0.717, 1.165) is 60.9 Å².